The summed E-state index contributed by atoms with van der Waals surface area (Å²) in [5.74, 6) is 2.05. The largest absolute Gasteiger partial charge is 0.439 e. The van der Waals surface area contributed by atoms with Gasteiger partial charge in [-0.05, 0) is 43.7 Å². The zero-order chi connectivity index (χ0) is 26.9. The van der Waals surface area contributed by atoms with Crippen LogP contribution in [0.5, 0.6) is 0 Å². The van der Waals surface area contributed by atoms with Crippen molar-refractivity contribution in [3.05, 3.63) is 40.1 Å². The highest BCUT2D eigenvalue weighted by Gasteiger charge is 2.29. The summed E-state index contributed by atoms with van der Waals surface area (Å²) in [5.41, 5.74) is 3.62. The van der Waals surface area contributed by atoms with E-state index in [9.17, 15) is 4.79 Å². The molecule has 0 bridgehead atoms. The number of halogens is 1. The molecule has 1 N–H and O–H groups in total. The van der Waals surface area contributed by atoms with Crippen LogP contribution in [0.4, 0.5) is 5.95 Å². The summed E-state index contributed by atoms with van der Waals surface area (Å²) in [5, 5.41) is 4.40. The molecule has 0 amide bonds. The number of hydrogen-bond donors (Lipinski definition) is 1. The molecule has 2 aliphatic rings. The second-order valence-electron chi connectivity index (χ2n) is 10.8. The normalized spacial score (nSPS) is 21.7. The van der Waals surface area contributed by atoms with Crippen molar-refractivity contribution in [2.75, 3.05) is 24.6 Å². The molecule has 6 rings (SSSR count). The number of imidazole rings is 1. The summed E-state index contributed by atoms with van der Waals surface area (Å²) in [7, 11) is 0. The molecule has 1 atom stereocenters. The van der Waals surface area contributed by atoms with Crippen LogP contribution < -0.4 is 10.7 Å². The van der Waals surface area contributed by atoms with Crippen LogP contribution in [0.25, 0.3) is 33.8 Å². The molecule has 11 heteroatoms. The van der Waals surface area contributed by atoms with Gasteiger partial charge in [-0.15, -0.1) is 0 Å². The topological polar surface area (TPSA) is 115 Å². The summed E-state index contributed by atoms with van der Waals surface area (Å²) >= 11 is 6.37. The number of nitrogens with zero attached hydrogens (tertiary/aromatic N) is 6. The Morgan fingerprint density at radius 3 is 2.74 bits per heavy atom. The van der Waals surface area contributed by atoms with Gasteiger partial charge in [-0.25, -0.2) is 14.8 Å². The third-order valence-corrected chi connectivity index (χ3v) is 8.30. The molecule has 0 radical (unpaired) electrons. The summed E-state index contributed by atoms with van der Waals surface area (Å²) in [4.78, 5) is 31.1. The van der Waals surface area contributed by atoms with Gasteiger partial charge in [-0.3, -0.25) is 14.5 Å². The molecule has 1 saturated heterocycles. The van der Waals surface area contributed by atoms with E-state index in [4.69, 9.17) is 30.8 Å². The zero-order valence-corrected chi connectivity index (χ0v) is 23.2. The molecule has 1 saturated carbocycles. The fourth-order valence-electron chi connectivity index (χ4n) is 6.01. The predicted octanol–water partition coefficient (Wildman–Crippen LogP) is 5.32. The molecule has 1 aliphatic heterocycles. The molecule has 206 valence electrons. The minimum absolute atomic E-state index is 0.189. The lowest BCUT2D eigenvalue weighted by molar-refractivity contribution is 0.0787. The number of aryl methyl sites for hydroxylation is 1. The van der Waals surface area contributed by atoms with E-state index < -0.39 is 5.76 Å². The zero-order valence-electron chi connectivity index (χ0n) is 22.4. The molecular weight excluding hydrogens is 518 g/mol. The average molecular weight is 552 g/mol. The Morgan fingerprint density at radius 2 is 2.00 bits per heavy atom. The summed E-state index contributed by atoms with van der Waals surface area (Å²) in [6.45, 7) is 7.60. The van der Waals surface area contributed by atoms with Crippen molar-refractivity contribution in [2.45, 2.75) is 65.0 Å². The van der Waals surface area contributed by atoms with E-state index >= 15 is 0 Å². The summed E-state index contributed by atoms with van der Waals surface area (Å²) in [6, 6.07) is 3.72. The molecule has 0 unspecified atom stereocenters. The Hall–Kier alpha value is -3.24. The Morgan fingerprint density at radius 1 is 1.15 bits per heavy atom. The van der Waals surface area contributed by atoms with Crippen molar-refractivity contribution in [3.8, 4) is 22.8 Å². The van der Waals surface area contributed by atoms with E-state index in [0.29, 0.717) is 28.9 Å². The molecule has 4 aromatic rings. The van der Waals surface area contributed by atoms with E-state index in [1.807, 2.05) is 19.1 Å². The van der Waals surface area contributed by atoms with Crippen molar-refractivity contribution < 1.29 is 9.26 Å². The third kappa shape index (κ3) is 5.45. The summed E-state index contributed by atoms with van der Waals surface area (Å²) in [6.07, 6.45) is 10.7. The van der Waals surface area contributed by atoms with Crippen LogP contribution in [0, 0.1) is 11.8 Å². The number of rotatable bonds is 8. The number of hydrogen-bond acceptors (Lipinski definition) is 8. The molecule has 0 spiro atoms. The first-order chi connectivity index (χ1) is 19.0. The number of aromatic amines is 1. The van der Waals surface area contributed by atoms with Crippen molar-refractivity contribution in [1.82, 2.24) is 29.7 Å². The molecule has 2 fully saturated rings. The first kappa shape index (κ1) is 26.0. The fraction of sp³-hybridized carbons (Fsp3) is 0.536. The predicted molar refractivity (Wildman–Crippen MR) is 150 cm³/mol. The van der Waals surface area contributed by atoms with Gasteiger partial charge in [0.15, 0.2) is 0 Å². The van der Waals surface area contributed by atoms with E-state index in [1.54, 1.807) is 12.4 Å². The van der Waals surface area contributed by atoms with Gasteiger partial charge in [0.25, 0.3) is 0 Å². The van der Waals surface area contributed by atoms with Crippen molar-refractivity contribution >= 4 is 28.6 Å². The SMILES string of the molecule is CCO[C@@H]1CCN(c2nc3cc(-c4noc(=O)[nH]4)nc(-c4cncc(Cl)c4)c3n2CCC2CCC(C)CC2)C1. The highest BCUT2D eigenvalue weighted by atomic mass is 35.5. The second kappa shape index (κ2) is 11.1. The number of aromatic nitrogens is 6. The maximum atomic E-state index is 11.7. The molecule has 5 heterocycles. The molecular formula is C28H34ClN7O3. The molecule has 39 heavy (non-hydrogen) atoms. The van der Waals surface area contributed by atoms with E-state index in [0.717, 1.165) is 60.9 Å². The Kier molecular flexibility index (Phi) is 7.40. The van der Waals surface area contributed by atoms with Crippen LogP contribution in [0.15, 0.2) is 33.8 Å². The average Bonchev–Trinajstić information content (AvgIpc) is 3.66. The number of anilines is 1. The Labute approximate surface area is 231 Å². The van der Waals surface area contributed by atoms with Gasteiger partial charge < -0.3 is 14.2 Å². The van der Waals surface area contributed by atoms with Crippen LogP contribution >= 0.6 is 11.6 Å². The first-order valence-electron chi connectivity index (χ1n) is 13.9. The van der Waals surface area contributed by atoms with Crippen LogP contribution in [0.2, 0.25) is 5.02 Å². The lowest BCUT2D eigenvalue weighted by atomic mass is 9.81. The monoisotopic (exact) mass is 551 g/mol. The van der Waals surface area contributed by atoms with Crippen LogP contribution in [-0.2, 0) is 11.3 Å². The van der Waals surface area contributed by atoms with E-state index in [-0.39, 0.29) is 11.9 Å². The highest BCUT2D eigenvalue weighted by Crippen LogP contribution is 2.37. The molecule has 1 aliphatic carbocycles. The second-order valence-corrected chi connectivity index (χ2v) is 11.3. The Bertz CT molecular complexity index is 1500. The fourth-order valence-corrected chi connectivity index (χ4v) is 6.19. The van der Waals surface area contributed by atoms with Crippen molar-refractivity contribution in [1.29, 1.82) is 0 Å². The lowest BCUT2D eigenvalue weighted by Gasteiger charge is -2.27. The third-order valence-electron chi connectivity index (χ3n) is 8.09. The highest BCUT2D eigenvalue weighted by molar-refractivity contribution is 6.30. The molecule has 10 nitrogen and oxygen atoms in total. The van der Waals surface area contributed by atoms with E-state index in [1.165, 1.54) is 25.7 Å². The first-order valence-corrected chi connectivity index (χ1v) is 14.3. The number of fused-ring (bicyclic) bond motifs is 1. The van der Waals surface area contributed by atoms with Gasteiger partial charge >= 0.3 is 5.76 Å². The smallest absolute Gasteiger partial charge is 0.377 e. The maximum Gasteiger partial charge on any atom is 0.439 e. The van der Waals surface area contributed by atoms with Crippen LogP contribution in [0.1, 0.15) is 52.4 Å². The van der Waals surface area contributed by atoms with Crippen LogP contribution in [-0.4, -0.2) is 55.5 Å². The van der Waals surface area contributed by atoms with Gasteiger partial charge in [-0.1, -0.05) is 49.4 Å². The van der Waals surface area contributed by atoms with E-state index in [2.05, 4.69) is 31.5 Å². The minimum Gasteiger partial charge on any atom is -0.377 e. The quantitative estimate of drug-likeness (QED) is 0.313. The Balaban J connectivity index is 1.48. The minimum atomic E-state index is -0.634. The number of pyridine rings is 2. The van der Waals surface area contributed by atoms with Gasteiger partial charge in [0.05, 0.1) is 27.9 Å². The molecule has 4 aromatic heterocycles. The number of H-pyrrole nitrogens is 1. The van der Waals surface area contributed by atoms with Crippen LogP contribution in [0.3, 0.4) is 0 Å². The standard InChI is InChI=1S/C28H34ClN7O3/c1-3-38-21-9-10-35(16-21)27-32-22-13-23(26-33-28(37)39-34-26)31-24(19-12-20(29)15-30-14-19)25(22)36(27)11-8-18-6-4-17(2)5-7-18/h12-15,17-18,21H,3-11,16H2,1-2H3,(H,33,34,37)/t17?,18?,21-/m1/s1. The van der Waals surface area contributed by atoms with Gasteiger partial charge in [0.1, 0.15) is 5.69 Å². The van der Waals surface area contributed by atoms with Gasteiger partial charge in [-0.2, -0.15) is 0 Å². The van der Waals surface area contributed by atoms with Gasteiger partial charge in [0.2, 0.25) is 11.8 Å². The molecule has 0 aromatic carbocycles. The number of nitrogens with one attached hydrogen (secondary N) is 1. The van der Waals surface area contributed by atoms with Crippen molar-refractivity contribution in [3.63, 3.8) is 0 Å². The lowest BCUT2D eigenvalue weighted by Crippen LogP contribution is -2.26. The van der Waals surface area contributed by atoms with Crippen molar-refractivity contribution in [2.24, 2.45) is 11.8 Å². The maximum absolute atomic E-state index is 11.7. The summed E-state index contributed by atoms with van der Waals surface area (Å²) < 4.78 is 13.0. The number of ether oxygens (including phenoxy) is 1. The van der Waals surface area contributed by atoms with Gasteiger partial charge in [0, 0.05) is 44.2 Å².